The number of hydrogen-bond acceptors (Lipinski definition) is 3. The first-order chi connectivity index (χ1) is 12.2. The highest BCUT2D eigenvalue weighted by atomic mass is 19.1. The maximum absolute atomic E-state index is 13.3. The van der Waals surface area contributed by atoms with Gasteiger partial charge in [-0.2, -0.15) is 0 Å². The number of likely N-dealkylation sites (tertiary alicyclic amines) is 1. The molecule has 1 amide bonds. The summed E-state index contributed by atoms with van der Waals surface area (Å²) in [6.45, 7) is 1.55. The van der Waals surface area contributed by atoms with Crippen molar-refractivity contribution in [1.82, 2.24) is 9.88 Å². The second-order valence-electron chi connectivity index (χ2n) is 7.22. The molecule has 5 heteroatoms. The molecule has 132 valence electrons. The number of benzene rings is 1. The predicted octanol–water partition coefficient (Wildman–Crippen LogP) is 3.91. The summed E-state index contributed by atoms with van der Waals surface area (Å²) in [6, 6.07) is 6.53. The van der Waals surface area contributed by atoms with E-state index in [-0.39, 0.29) is 17.7 Å². The molecule has 0 N–H and O–H groups in total. The van der Waals surface area contributed by atoms with Crippen LogP contribution >= 0.6 is 0 Å². The highest BCUT2D eigenvalue weighted by Gasteiger charge is 2.33. The number of oxazole rings is 1. The minimum atomic E-state index is -0.241. The summed E-state index contributed by atoms with van der Waals surface area (Å²) < 4.78 is 19.2. The molecule has 1 aromatic carbocycles. The molecule has 0 radical (unpaired) electrons. The van der Waals surface area contributed by atoms with Gasteiger partial charge in [-0.3, -0.25) is 4.79 Å². The van der Waals surface area contributed by atoms with Crippen LogP contribution in [-0.2, 0) is 11.2 Å². The van der Waals surface area contributed by atoms with Gasteiger partial charge in [0.25, 0.3) is 0 Å². The van der Waals surface area contributed by atoms with Gasteiger partial charge >= 0.3 is 0 Å². The minimum Gasteiger partial charge on any atom is -0.445 e. The molecule has 0 spiro atoms. The first-order valence-electron chi connectivity index (χ1n) is 9.17. The van der Waals surface area contributed by atoms with Crippen molar-refractivity contribution in [2.24, 2.45) is 5.92 Å². The Bertz CT molecular complexity index is 754. The third-order valence-corrected chi connectivity index (χ3v) is 5.38. The second-order valence-corrected chi connectivity index (χ2v) is 7.22. The Hall–Kier alpha value is -2.17. The van der Waals surface area contributed by atoms with E-state index in [1.165, 1.54) is 18.6 Å². The Labute approximate surface area is 147 Å². The van der Waals surface area contributed by atoms with Crippen LogP contribution in [0.3, 0.4) is 0 Å². The van der Waals surface area contributed by atoms with Gasteiger partial charge in [0.05, 0.1) is 12.1 Å². The highest BCUT2D eigenvalue weighted by molar-refractivity contribution is 5.79. The molecule has 25 heavy (non-hydrogen) atoms. The first-order valence-corrected chi connectivity index (χ1v) is 9.17. The zero-order valence-corrected chi connectivity index (χ0v) is 14.3. The fraction of sp³-hybridized carbons (Fsp3) is 0.500. The third-order valence-electron chi connectivity index (χ3n) is 5.38. The van der Waals surface area contributed by atoms with Gasteiger partial charge in [0.2, 0.25) is 5.91 Å². The number of aromatic nitrogens is 1. The smallest absolute Gasteiger partial charge is 0.225 e. The maximum Gasteiger partial charge on any atom is 0.225 e. The van der Waals surface area contributed by atoms with Crippen LogP contribution < -0.4 is 0 Å². The van der Waals surface area contributed by atoms with Crippen LogP contribution in [-0.4, -0.2) is 28.9 Å². The monoisotopic (exact) mass is 342 g/mol. The number of hydrogen-bond donors (Lipinski definition) is 0. The number of amides is 1. The lowest BCUT2D eigenvalue weighted by Gasteiger charge is -2.36. The molecule has 4 nitrogen and oxygen atoms in total. The van der Waals surface area contributed by atoms with Crippen LogP contribution in [0.5, 0.6) is 0 Å². The van der Waals surface area contributed by atoms with Crippen LogP contribution in [0.4, 0.5) is 4.39 Å². The molecule has 1 aliphatic heterocycles. The summed E-state index contributed by atoms with van der Waals surface area (Å²) in [7, 11) is 0. The molecule has 4 rings (SSSR count). The summed E-state index contributed by atoms with van der Waals surface area (Å²) in [6.07, 6.45) is 7.50. The van der Waals surface area contributed by atoms with Gasteiger partial charge in [-0.15, -0.1) is 0 Å². The molecular weight excluding hydrogens is 319 g/mol. The zero-order valence-electron chi connectivity index (χ0n) is 14.3. The Balaban J connectivity index is 1.41. The lowest BCUT2D eigenvalue weighted by atomic mass is 9.83. The van der Waals surface area contributed by atoms with E-state index in [4.69, 9.17) is 4.42 Å². The van der Waals surface area contributed by atoms with Gasteiger partial charge in [-0.1, -0.05) is 18.6 Å². The molecule has 2 heterocycles. The molecule has 1 saturated heterocycles. The standard InChI is InChI=1S/C20H23FN2O2/c21-17-8-1-4-14(10-17)11-18-12-22-19(25-18)16-7-3-9-23(13-16)20(24)15-5-2-6-15/h1,4,8,10,12,15-16H,2-3,5-7,9,11,13H2. The first kappa shape index (κ1) is 16.3. The molecule has 2 fully saturated rings. The van der Waals surface area contributed by atoms with E-state index in [0.29, 0.717) is 24.8 Å². The van der Waals surface area contributed by atoms with E-state index < -0.39 is 0 Å². The molecule has 1 aromatic heterocycles. The van der Waals surface area contributed by atoms with Crippen LogP contribution in [0.2, 0.25) is 0 Å². The van der Waals surface area contributed by atoms with E-state index in [0.717, 1.165) is 43.6 Å². The van der Waals surface area contributed by atoms with Crippen LogP contribution in [0.15, 0.2) is 34.9 Å². The SMILES string of the molecule is O=C(C1CCC1)N1CCCC(c2ncc(Cc3cccc(F)c3)o2)C1. The van der Waals surface area contributed by atoms with Gasteiger partial charge < -0.3 is 9.32 Å². The average Bonchev–Trinajstić information content (AvgIpc) is 3.02. The van der Waals surface area contributed by atoms with Crippen molar-refractivity contribution in [1.29, 1.82) is 0 Å². The number of halogens is 1. The van der Waals surface area contributed by atoms with Crippen molar-refractivity contribution >= 4 is 5.91 Å². The topological polar surface area (TPSA) is 46.3 Å². The van der Waals surface area contributed by atoms with E-state index >= 15 is 0 Å². The summed E-state index contributed by atoms with van der Waals surface area (Å²) in [5.41, 5.74) is 0.869. The molecule has 1 atom stereocenters. The molecule has 2 aromatic rings. The van der Waals surface area contributed by atoms with Gasteiger partial charge in [-0.25, -0.2) is 9.37 Å². The lowest BCUT2D eigenvalue weighted by Crippen LogP contribution is -2.44. The average molecular weight is 342 g/mol. The number of carbonyl (C=O) groups excluding carboxylic acids is 1. The zero-order chi connectivity index (χ0) is 17.2. The molecule has 2 aliphatic rings. The summed E-state index contributed by atoms with van der Waals surface area (Å²) in [5.74, 6) is 1.92. The molecule has 1 aliphatic carbocycles. The maximum atomic E-state index is 13.3. The van der Waals surface area contributed by atoms with Gasteiger partial charge in [0.15, 0.2) is 5.89 Å². The van der Waals surface area contributed by atoms with E-state index in [1.54, 1.807) is 12.3 Å². The quantitative estimate of drug-likeness (QED) is 0.846. The Morgan fingerprint density at radius 2 is 2.16 bits per heavy atom. The summed E-state index contributed by atoms with van der Waals surface area (Å²) in [4.78, 5) is 18.9. The van der Waals surface area contributed by atoms with Crippen LogP contribution in [0.25, 0.3) is 0 Å². The van der Waals surface area contributed by atoms with Crippen molar-refractivity contribution < 1.29 is 13.6 Å². The lowest BCUT2D eigenvalue weighted by molar-refractivity contribution is -0.139. The summed E-state index contributed by atoms with van der Waals surface area (Å²) >= 11 is 0. The molecular formula is C20H23FN2O2. The normalized spacial score (nSPS) is 21.2. The van der Waals surface area contributed by atoms with Crippen molar-refractivity contribution in [3.05, 3.63) is 53.5 Å². The van der Waals surface area contributed by atoms with Gasteiger partial charge in [0, 0.05) is 25.4 Å². The van der Waals surface area contributed by atoms with Crippen molar-refractivity contribution in [3.63, 3.8) is 0 Å². The van der Waals surface area contributed by atoms with Gasteiger partial charge in [-0.05, 0) is 43.4 Å². The molecule has 1 saturated carbocycles. The van der Waals surface area contributed by atoms with Crippen molar-refractivity contribution in [3.8, 4) is 0 Å². The number of rotatable bonds is 4. The number of carbonyl (C=O) groups is 1. The van der Waals surface area contributed by atoms with Crippen LogP contribution in [0.1, 0.15) is 55.2 Å². The third kappa shape index (κ3) is 3.60. The predicted molar refractivity (Wildman–Crippen MR) is 91.6 cm³/mol. The van der Waals surface area contributed by atoms with E-state index in [2.05, 4.69) is 4.98 Å². The minimum absolute atomic E-state index is 0.166. The second kappa shape index (κ2) is 6.98. The van der Waals surface area contributed by atoms with Crippen molar-refractivity contribution in [2.75, 3.05) is 13.1 Å². The largest absolute Gasteiger partial charge is 0.445 e. The number of piperidine rings is 1. The number of nitrogens with zero attached hydrogens (tertiary/aromatic N) is 2. The van der Waals surface area contributed by atoms with E-state index in [1.807, 2.05) is 11.0 Å². The van der Waals surface area contributed by atoms with Gasteiger partial charge in [0.1, 0.15) is 11.6 Å². The highest BCUT2D eigenvalue weighted by Crippen LogP contribution is 2.32. The Morgan fingerprint density at radius 1 is 1.28 bits per heavy atom. The molecule has 1 unspecified atom stereocenters. The fourth-order valence-corrected chi connectivity index (χ4v) is 3.73. The Kier molecular flexibility index (Phi) is 4.55. The summed E-state index contributed by atoms with van der Waals surface area (Å²) in [5, 5.41) is 0. The van der Waals surface area contributed by atoms with Crippen LogP contribution in [0, 0.1) is 11.7 Å². The molecule has 0 bridgehead atoms. The van der Waals surface area contributed by atoms with E-state index in [9.17, 15) is 9.18 Å². The Morgan fingerprint density at radius 3 is 2.92 bits per heavy atom. The fourth-order valence-electron chi connectivity index (χ4n) is 3.73. The van der Waals surface area contributed by atoms with Crippen molar-refractivity contribution in [2.45, 2.75) is 44.4 Å².